The smallest absolute Gasteiger partial charge is 0.280 e. The quantitative estimate of drug-likeness (QED) is 0.701. The van der Waals surface area contributed by atoms with Crippen molar-refractivity contribution in [2.45, 2.75) is 19.4 Å². The van der Waals surface area contributed by atoms with Crippen LogP contribution in [0.3, 0.4) is 0 Å². The summed E-state index contributed by atoms with van der Waals surface area (Å²) in [6, 6.07) is 7.10. The zero-order valence-corrected chi connectivity index (χ0v) is 15.7. The van der Waals surface area contributed by atoms with Crippen LogP contribution in [-0.4, -0.2) is 46.0 Å². The zero-order chi connectivity index (χ0) is 20.4. The number of aromatic nitrogens is 3. The minimum absolute atomic E-state index is 0.0694. The first-order valence-electron chi connectivity index (χ1n) is 8.61. The molecule has 1 atom stereocenters. The maximum atomic E-state index is 13.5. The number of benzene rings is 1. The van der Waals surface area contributed by atoms with Gasteiger partial charge in [-0.2, -0.15) is 5.10 Å². The highest BCUT2D eigenvalue weighted by Crippen LogP contribution is 2.22. The number of amides is 1. The van der Waals surface area contributed by atoms with Crippen molar-refractivity contribution in [1.82, 2.24) is 24.8 Å². The Labute approximate surface area is 160 Å². The van der Waals surface area contributed by atoms with E-state index in [9.17, 15) is 18.0 Å². The minimum Gasteiger partial charge on any atom is -0.350 e. The van der Waals surface area contributed by atoms with Crippen LogP contribution in [0.25, 0.3) is 5.65 Å². The third kappa shape index (κ3) is 3.99. The van der Waals surface area contributed by atoms with Crippen LogP contribution in [0, 0.1) is 12.7 Å². The molecule has 3 aromatic rings. The van der Waals surface area contributed by atoms with Crippen LogP contribution in [0.4, 0.5) is 13.2 Å². The number of alkyl halides is 2. The Kier molecular flexibility index (Phi) is 5.64. The monoisotopic (exact) mass is 391 g/mol. The summed E-state index contributed by atoms with van der Waals surface area (Å²) in [5, 5.41) is 6.65. The molecule has 0 spiro atoms. The summed E-state index contributed by atoms with van der Waals surface area (Å²) in [6.07, 6.45) is -1.53. The van der Waals surface area contributed by atoms with Crippen molar-refractivity contribution in [1.29, 1.82) is 0 Å². The van der Waals surface area contributed by atoms with Crippen molar-refractivity contribution in [3.05, 3.63) is 64.9 Å². The van der Waals surface area contributed by atoms with Crippen LogP contribution in [0.2, 0.25) is 0 Å². The predicted molar refractivity (Wildman–Crippen MR) is 97.8 cm³/mol. The van der Waals surface area contributed by atoms with E-state index in [1.54, 1.807) is 19.1 Å². The van der Waals surface area contributed by atoms with Crippen LogP contribution < -0.4 is 5.32 Å². The Morgan fingerprint density at radius 3 is 2.68 bits per heavy atom. The number of hydrogen-bond acceptors (Lipinski definition) is 4. The van der Waals surface area contributed by atoms with Crippen LogP contribution in [0.1, 0.15) is 39.8 Å². The first-order chi connectivity index (χ1) is 13.3. The van der Waals surface area contributed by atoms with Gasteiger partial charge in [0, 0.05) is 12.2 Å². The molecule has 6 nitrogen and oxygen atoms in total. The highest BCUT2D eigenvalue weighted by molar-refractivity contribution is 5.99. The fraction of sp³-hybridized carbons (Fsp3) is 0.316. The lowest BCUT2D eigenvalue weighted by Crippen LogP contribution is -2.34. The Morgan fingerprint density at radius 2 is 2.04 bits per heavy atom. The third-order valence-electron chi connectivity index (χ3n) is 4.41. The molecular formula is C19H20F3N5O. The van der Waals surface area contributed by atoms with Crippen molar-refractivity contribution in [2.24, 2.45) is 0 Å². The summed E-state index contributed by atoms with van der Waals surface area (Å²) in [7, 11) is 3.63. The number of likely N-dealkylation sites (N-methyl/N-ethyl adjacent to an activating group) is 1. The zero-order valence-electron chi connectivity index (χ0n) is 15.7. The molecule has 0 aliphatic heterocycles. The number of hydrogen-bond donors (Lipinski definition) is 1. The summed E-state index contributed by atoms with van der Waals surface area (Å²) >= 11 is 0. The summed E-state index contributed by atoms with van der Waals surface area (Å²) in [4.78, 5) is 18.7. The molecule has 1 unspecified atom stereocenters. The van der Waals surface area contributed by atoms with Gasteiger partial charge in [-0.1, -0.05) is 12.1 Å². The largest absolute Gasteiger partial charge is 0.350 e. The molecule has 3 rings (SSSR count). The van der Waals surface area contributed by atoms with Crippen molar-refractivity contribution >= 4 is 11.6 Å². The van der Waals surface area contributed by atoms with Gasteiger partial charge in [-0.3, -0.25) is 4.79 Å². The number of carbonyl (C=O) groups is 1. The molecule has 0 radical (unpaired) electrons. The summed E-state index contributed by atoms with van der Waals surface area (Å²) in [5.41, 5.74) is 0.914. The molecule has 0 fully saturated rings. The molecular weight excluding hydrogens is 371 g/mol. The van der Waals surface area contributed by atoms with Crippen LogP contribution in [-0.2, 0) is 0 Å². The van der Waals surface area contributed by atoms with E-state index in [0.29, 0.717) is 11.3 Å². The number of rotatable bonds is 6. The fourth-order valence-corrected chi connectivity index (χ4v) is 3.03. The average molecular weight is 391 g/mol. The van der Waals surface area contributed by atoms with Crippen molar-refractivity contribution < 1.29 is 18.0 Å². The summed E-state index contributed by atoms with van der Waals surface area (Å²) in [5.74, 6) is -0.853. The van der Waals surface area contributed by atoms with E-state index in [-0.39, 0.29) is 35.3 Å². The molecule has 9 heteroatoms. The first-order valence-corrected chi connectivity index (χ1v) is 8.61. The van der Waals surface area contributed by atoms with E-state index >= 15 is 0 Å². The standard InChI is InChI=1S/C19H20F3N5O/c1-11-7-15(17(21)22)27-18(25-11)14(9-24-27)19(28)23-10-16(26(2)3)12-5-4-6-13(20)8-12/h4-9,16-17H,10H2,1-3H3,(H,23,28). The topological polar surface area (TPSA) is 62.5 Å². The molecule has 0 bridgehead atoms. The minimum atomic E-state index is -2.74. The molecule has 2 heterocycles. The summed E-state index contributed by atoms with van der Waals surface area (Å²) < 4.78 is 41.0. The van der Waals surface area contributed by atoms with Gasteiger partial charge in [0.05, 0.1) is 12.2 Å². The molecule has 0 aliphatic rings. The third-order valence-corrected chi connectivity index (χ3v) is 4.41. The van der Waals surface area contributed by atoms with Gasteiger partial charge in [-0.05, 0) is 44.8 Å². The van der Waals surface area contributed by atoms with Crippen molar-refractivity contribution in [3.8, 4) is 0 Å². The molecule has 1 N–H and O–H groups in total. The lowest BCUT2D eigenvalue weighted by molar-refractivity contribution is 0.0943. The maximum Gasteiger partial charge on any atom is 0.280 e. The van der Waals surface area contributed by atoms with Crippen LogP contribution in [0.15, 0.2) is 36.5 Å². The molecule has 0 saturated heterocycles. The lowest BCUT2D eigenvalue weighted by Gasteiger charge is -2.25. The number of nitrogens with one attached hydrogen (secondary N) is 1. The second kappa shape index (κ2) is 7.97. The molecule has 0 aliphatic carbocycles. The number of aryl methyl sites for hydroxylation is 1. The number of carbonyl (C=O) groups excluding carboxylic acids is 1. The van der Waals surface area contributed by atoms with E-state index in [2.05, 4.69) is 15.4 Å². The number of fused-ring (bicyclic) bond motifs is 1. The SMILES string of the molecule is Cc1cc(C(F)F)n2ncc(C(=O)NCC(c3cccc(F)c3)N(C)C)c2n1. The van der Waals surface area contributed by atoms with E-state index in [1.807, 2.05) is 19.0 Å². The fourth-order valence-electron chi connectivity index (χ4n) is 3.03. The maximum absolute atomic E-state index is 13.5. The Morgan fingerprint density at radius 1 is 1.29 bits per heavy atom. The van der Waals surface area contributed by atoms with Gasteiger partial charge >= 0.3 is 0 Å². The second-order valence-electron chi connectivity index (χ2n) is 6.66. The van der Waals surface area contributed by atoms with E-state index < -0.39 is 12.3 Å². The highest BCUT2D eigenvalue weighted by Gasteiger charge is 2.22. The van der Waals surface area contributed by atoms with Gasteiger partial charge < -0.3 is 10.2 Å². The Bertz CT molecular complexity index is 1000. The van der Waals surface area contributed by atoms with E-state index in [4.69, 9.17) is 0 Å². The summed E-state index contributed by atoms with van der Waals surface area (Å²) in [6.45, 7) is 1.77. The van der Waals surface area contributed by atoms with Crippen molar-refractivity contribution in [3.63, 3.8) is 0 Å². The molecule has 28 heavy (non-hydrogen) atoms. The van der Waals surface area contributed by atoms with Crippen LogP contribution >= 0.6 is 0 Å². The van der Waals surface area contributed by atoms with Gasteiger partial charge in [0.25, 0.3) is 12.3 Å². The van der Waals surface area contributed by atoms with E-state index in [0.717, 1.165) is 4.52 Å². The highest BCUT2D eigenvalue weighted by atomic mass is 19.3. The second-order valence-corrected chi connectivity index (χ2v) is 6.66. The van der Waals surface area contributed by atoms with Gasteiger partial charge in [0.1, 0.15) is 17.1 Å². The molecule has 2 aromatic heterocycles. The van der Waals surface area contributed by atoms with Gasteiger partial charge in [-0.15, -0.1) is 0 Å². The molecule has 1 aromatic carbocycles. The Balaban J connectivity index is 1.85. The normalized spacial score (nSPS) is 12.7. The average Bonchev–Trinajstić information content (AvgIpc) is 3.04. The molecule has 1 amide bonds. The Hall–Kier alpha value is -2.94. The van der Waals surface area contributed by atoms with Gasteiger partial charge in [0.2, 0.25) is 0 Å². The lowest BCUT2D eigenvalue weighted by atomic mass is 10.1. The molecule has 148 valence electrons. The predicted octanol–water partition coefficient (Wildman–Crippen LogP) is 3.15. The van der Waals surface area contributed by atoms with Crippen molar-refractivity contribution in [2.75, 3.05) is 20.6 Å². The molecule has 0 saturated carbocycles. The van der Waals surface area contributed by atoms with E-state index in [1.165, 1.54) is 24.4 Å². The van der Waals surface area contributed by atoms with Crippen LogP contribution in [0.5, 0.6) is 0 Å². The number of halogens is 3. The van der Waals surface area contributed by atoms with Gasteiger partial charge in [-0.25, -0.2) is 22.7 Å². The first kappa shape index (κ1) is 19.8. The van der Waals surface area contributed by atoms with Gasteiger partial charge in [0.15, 0.2) is 5.65 Å². The number of nitrogens with zero attached hydrogens (tertiary/aromatic N) is 4.